The summed E-state index contributed by atoms with van der Waals surface area (Å²) in [6, 6.07) is 8.26. The highest BCUT2D eigenvalue weighted by Gasteiger charge is 2.06. The topological polar surface area (TPSA) is 0 Å². The molecule has 0 aromatic heterocycles. The van der Waals surface area contributed by atoms with Crippen molar-refractivity contribution >= 4 is 27.7 Å². The molecule has 1 aliphatic carbocycles. The molecule has 0 saturated heterocycles. The molecule has 0 radical (unpaired) electrons. The number of hydrogen-bond donors (Lipinski definition) is 0. The summed E-state index contributed by atoms with van der Waals surface area (Å²) in [5.74, 6) is 0.947. The molecule has 1 aromatic rings. The van der Waals surface area contributed by atoms with E-state index in [1.807, 2.05) is 18.2 Å². The van der Waals surface area contributed by atoms with Gasteiger partial charge in [-0.3, -0.25) is 0 Å². The number of hydrogen-bond acceptors (Lipinski definition) is 1. The fourth-order valence-electron chi connectivity index (χ4n) is 1.48. The van der Waals surface area contributed by atoms with Gasteiger partial charge in [-0.15, -0.1) is 11.8 Å². The molecule has 0 unspecified atom stereocenters. The maximum Gasteiger partial charge on any atom is 0.100 e. The number of halogens is 2. The van der Waals surface area contributed by atoms with Crippen molar-refractivity contribution in [1.82, 2.24) is 0 Å². The molecule has 0 amide bonds. The molecule has 3 heteroatoms. The molecular formula is C13H12BrFS. The van der Waals surface area contributed by atoms with Gasteiger partial charge in [0.15, 0.2) is 0 Å². The van der Waals surface area contributed by atoms with Gasteiger partial charge in [0.05, 0.1) is 0 Å². The van der Waals surface area contributed by atoms with E-state index in [4.69, 9.17) is 0 Å². The van der Waals surface area contributed by atoms with Gasteiger partial charge in [-0.1, -0.05) is 27.6 Å². The largest absolute Gasteiger partial charge is 0.212 e. The summed E-state index contributed by atoms with van der Waals surface area (Å²) in [5, 5.41) is 0. The van der Waals surface area contributed by atoms with Crippen LogP contribution in [-0.4, -0.2) is 5.75 Å². The van der Waals surface area contributed by atoms with E-state index in [2.05, 4.69) is 28.1 Å². The minimum Gasteiger partial charge on any atom is -0.212 e. The van der Waals surface area contributed by atoms with Gasteiger partial charge >= 0.3 is 0 Å². The summed E-state index contributed by atoms with van der Waals surface area (Å²) in [6.45, 7) is 0. The zero-order valence-electron chi connectivity index (χ0n) is 8.75. The van der Waals surface area contributed by atoms with E-state index in [1.165, 1.54) is 10.5 Å². The Labute approximate surface area is 108 Å². The van der Waals surface area contributed by atoms with E-state index in [9.17, 15) is 4.39 Å². The Balaban J connectivity index is 1.90. The molecule has 0 nitrogen and oxygen atoms in total. The standard InChI is InChI=1S/C13H12BrFS/c14-11-3-7-13(8-4-11)16-9-10-1-5-12(15)6-2-10/h1,3-5,7-8H,2,6,9H2. The maximum absolute atomic E-state index is 12.8. The third-order valence-electron chi connectivity index (χ3n) is 2.42. The van der Waals surface area contributed by atoms with Crippen molar-refractivity contribution in [2.24, 2.45) is 0 Å². The second kappa shape index (κ2) is 5.69. The Hall–Kier alpha value is -0.540. The highest BCUT2D eigenvalue weighted by molar-refractivity contribution is 9.10. The van der Waals surface area contributed by atoms with E-state index < -0.39 is 0 Å². The first kappa shape index (κ1) is 11.9. The van der Waals surface area contributed by atoms with Crippen LogP contribution in [0.25, 0.3) is 0 Å². The zero-order chi connectivity index (χ0) is 11.4. The minimum absolute atomic E-state index is 0.00242. The Morgan fingerprint density at radius 3 is 2.50 bits per heavy atom. The summed E-state index contributed by atoms with van der Waals surface area (Å²) >= 11 is 5.21. The lowest BCUT2D eigenvalue weighted by atomic mass is 10.1. The Morgan fingerprint density at radius 1 is 1.12 bits per heavy atom. The molecule has 0 N–H and O–H groups in total. The second-order valence-electron chi connectivity index (χ2n) is 3.68. The molecule has 0 spiro atoms. The molecule has 1 aliphatic rings. The van der Waals surface area contributed by atoms with Crippen molar-refractivity contribution in [3.05, 3.63) is 52.3 Å². The van der Waals surface area contributed by atoms with Gasteiger partial charge in [0.2, 0.25) is 0 Å². The lowest BCUT2D eigenvalue weighted by molar-refractivity contribution is 0.582. The Morgan fingerprint density at radius 2 is 1.88 bits per heavy atom. The van der Waals surface area contributed by atoms with Crippen LogP contribution >= 0.6 is 27.7 Å². The molecule has 1 aromatic carbocycles. The first-order valence-corrected chi connectivity index (χ1v) is 6.94. The van der Waals surface area contributed by atoms with Crippen molar-refractivity contribution in [2.45, 2.75) is 17.7 Å². The number of thioether (sulfide) groups is 1. The smallest absolute Gasteiger partial charge is 0.100 e. The average Bonchev–Trinajstić information content (AvgIpc) is 2.30. The number of rotatable bonds is 3. The summed E-state index contributed by atoms with van der Waals surface area (Å²) in [5.41, 5.74) is 1.31. The van der Waals surface area contributed by atoms with Crippen molar-refractivity contribution in [3.63, 3.8) is 0 Å². The summed E-state index contributed by atoms with van der Waals surface area (Å²) in [7, 11) is 0. The second-order valence-corrected chi connectivity index (χ2v) is 5.65. The molecule has 0 fully saturated rings. The number of allylic oxidation sites excluding steroid dienone is 3. The fraction of sp³-hybridized carbons (Fsp3) is 0.231. The fourth-order valence-corrected chi connectivity index (χ4v) is 2.67. The predicted octanol–water partition coefficient (Wildman–Crippen LogP) is 5.11. The van der Waals surface area contributed by atoms with Crippen molar-refractivity contribution in [1.29, 1.82) is 0 Å². The quantitative estimate of drug-likeness (QED) is 0.698. The van der Waals surface area contributed by atoms with Crippen LogP contribution in [0.4, 0.5) is 4.39 Å². The van der Waals surface area contributed by atoms with Gasteiger partial charge in [-0.2, -0.15) is 0 Å². The minimum atomic E-state index is -0.00242. The monoisotopic (exact) mass is 298 g/mol. The van der Waals surface area contributed by atoms with Gasteiger partial charge in [0, 0.05) is 21.5 Å². The number of benzene rings is 1. The normalized spacial score (nSPS) is 15.6. The first-order chi connectivity index (χ1) is 7.74. The van der Waals surface area contributed by atoms with Crippen LogP contribution in [0.15, 0.2) is 57.2 Å². The van der Waals surface area contributed by atoms with Crippen LogP contribution < -0.4 is 0 Å². The van der Waals surface area contributed by atoms with Gasteiger partial charge in [0.25, 0.3) is 0 Å². The van der Waals surface area contributed by atoms with Crippen molar-refractivity contribution < 1.29 is 4.39 Å². The molecule has 0 atom stereocenters. The molecule has 0 aliphatic heterocycles. The van der Waals surface area contributed by atoms with Crippen LogP contribution in [0.5, 0.6) is 0 Å². The molecule has 0 bridgehead atoms. The lowest BCUT2D eigenvalue weighted by Crippen LogP contribution is -1.93. The average molecular weight is 299 g/mol. The summed E-state index contributed by atoms with van der Waals surface area (Å²) < 4.78 is 13.9. The highest BCUT2D eigenvalue weighted by atomic mass is 79.9. The van der Waals surface area contributed by atoms with E-state index >= 15 is 0 Å². The van der Waals surface area contributed by atoms with Crippen LogP contribution in [0.3, 0.4) is 0 Å². The van der Waals surface area contributed by atoms with Gasteiger partial charge in [-0.25, -0.2) is 4.39 Å². The van der Waals surface area contributed by atoms with E-state index in [1.54, 1.807) is 17.8 Å². The SMILES string of the molecule is FC1=CC=C(CSc2ccc(Br)cc2)CC1. The Bertz CT molecular complexity index is 420. The molecule has 0 heterocycles. The van der Waals surface area contributed by atoms with Gasteiger partial charge in [-0.05, 0) is 36.8 Å². The molecular weight excluding hydrogens is 287 g/mol. The third kappa shape index (κ3) is 3.49. The highest BCUT2D eigenvalue weighted by Crippen LogP contribution is 2.27. The van der Waals surface area contributed by atoms with Crippen LogP contribution in [0.1, 0.15) is 12.8 Å². The molecule has 0 saturated carbocycles. The predicted molar refractivity (Wildman–Crippen MR) is 71.4 cm³/mol. The maximum atomic E-state index is 12.8. The van der Waals surface area contributed by atoms with E-state index in [0.29, 0.717) is 6.42 Å². The zero-order valence-corrected chi connectivity index (χ0v) is 11.2. The molecule has 84 valence electrons. The summed E-state index contributed by atoms with van der Waals surface area (Å²) in [4.78, 5) is 1.25. The van der Waals surface area contributed by atoms with E-state index in [-0.39, 0.29) is 5.83 Å². The molecule has 2 rings (SSSR count). The first-order valence-electron chi connectivity index (χ1n) is 5.16. The van der Waals surface area contributed by atoms with Crippen LogP contribution in [-0.2, 0) is 0 Å². The molecule has 16 heavy (non-hydrogen) atoms. The lowest BCUT2D eigenvalue weighted by Gasteiger charge is -2.09. The van der Waals surface area contributed by atoms with Crippen molar-refractivity contribution in [2.75, 3.05) is 5.75 Å². The Kier molecular flexibility index (Phi) is 4.24. The van der Waals surface area contributed by atoms with Gasteiger partial charge < -0.3 is 0 Å². The van der Waals surface area contributed by atoms with Crippen molar-refractivity contribution in [3.8, 4) is 0 Å². The van der Waals surface area contributed by atoms with E-state index in [0.717, 1.165) is 16.6 Å². The third-order valence-corrected chi connectivity index (χ3v) is 4.07. The van der Waals surface area contributed by atoms with Gasteiger partial charge in [0.1, 0.15) is 5.83 Å². The van der Waals surface area contributed by atoms with Crippen LogP contribution in [0.2, 0.25) is 0 Å². The summed E-state index contributed by atoms with van der Waals surface area (Å²) in [6.07, 6.45) is 4.91. The van der Waals surface area contributed by atoms with Crippen LogP contribution in [0, 0.1) is 0 Å².